The number of aryl methyl sites for hydroxylation is 1. The summed E-state index contributed by atoms with van der Waals surface area (Å²) in [5, 5.41) is 4.61. The summed E-state index contributed by atoms with van der Waals surface area (Å²) >= 11 is 3.47. The van der Waals surface area contributed by atoms with Gasteiger partial charge in [0.15, 0.2) is 0 Å². The van der Waals surface area contributed by atoms with E-state index in [9.17, 15) is 4.79 Å². The molecule has 3 rings (SSSR count). The number of amides is 1. The number of rotatable bonds is 3. The number of hydrogen-bond acceptors (Lipinski definition) is 4. The van der Waals surface area contributed by atoms with Gasteiger partial charge in [-0.05, 0) is 31.1 Å². The molecule has 1 unspecified atom stereocenters. The van der Waals surface area contributed by atoms with Crippen molar-refractivity contribution in [3.8, 4) is 0 Å². The van der Waals surface area contributed by atoms with Crippen molar-refractivity contribution in [1.82, 2.24) is 5.32 Å². The minimum Gasteiger partial charge on any atom is -0.397 e. The van der Waals surface area contributed by atoms with Gasteiger partial charge in [-0.2, -0.15) is 11.8 Å². The highest BCUT2D eigenvalue weighted by atomic mass is 32.2. The molecule has 3 N–H and O–H groups in total. The van der Waals surface area contributed by atoms with Crippen molar-refractivity contribution in [3.63, 3.8) is 0 Å². The van der Waals surface area contributed by atoms with Gasteiger partial charge in [-0.25, -0.2) is 0 Å². The van der Waals surface area contributed by atoms with E-state index in [-0.39, 0.29) is 5.91 Å². The molecule has 1 aromatic heterocycles. The van der Waals surface area contributed by atoms with E-state index in [0.29, 0.717) is 15.8 Å². The van der Waals surface area contributed by atoms with Crippen molar-refractivity contribution >= 4 is 44.8 Å². The number of hydrogen-bond donors (Lipinski definition) is 2. The molecular weight excluding hydrogens is 300 g/mol. The van der Waals surface area contributed by atoms with Gasteiger partial charge in [0, 0.05) is 21.9 Å². The van der Waals surface area contributed by atoms with E-state index in [1.807, 2.05) is 23.9 Å². The molecule has 0 aliphatic carbocycles. The molecule has 1 amide bonds. The smallest absolute Gasteiger partial charge is 0.263 e. The van der Waals surface area contributed by atoms with E-state index in [1.165, 1.54) is 41.9 Å². The maximum Gasteiger partial charge on any atom is 0.263 e. The minimum absolute atomic E-state index is 0.0285. The van der Waals surface area contributed by atoms with Crippen molar-refractivity contribution in [3.05, 3.63) is 28.6 Å². The number of anilines is 1. The molecule has 5 heteroatoms. The van der Waals surface area contributed by atoms with E-state index in [0.717, 1.165) is 16.6 Å². The number of fused-ring (bicyclic) bond motifs is 1. The quantitative estimate of drug-likeness (QED) is 0.904. The van der Waals surface area contributed by atoms with Gasteiger partial charge in [0.05, 0.1) is 5.69 Å². The van der Waals surface area contributed by atoms with Crippen LogP contribution in [0.5, 0.6) is 0 Å². The number of nitrogens with two attached hydrogens (primary N) is 1. The van der Waals surface area contributed by atoms with Crippen molar-refractivity contribution in [2.75, 3.05) is 18.0 Å². The van der Waals surface area contributed by atoms with Crippen molar-refractivity contribution in [2.24, 2.45) is 0 Å². The van der Waals surface area contributed by atoms with Crippen LogP contribution in [0.2, 0.25) is 0 Å². The molecule has 2 heterocycles. The lowest BCUT2D eigenvalue weighted by Gasteiger charge is -2.21. The summed E-state index contributed by atoms with van der Waals surface area (Å²) in [5.41, 5.74) is 7.95. The molecule has 1 atom stereocenters. The normalized spacial score (nSPS) is 18.8. The number of thiophene rings is 1. The van der Waals surface area contributed by atoms with Gasteiger partial charge >= 0.3 is 0 Å². The summed E-state index contributed by atoms with van der Waals surface area (Å²) in [5.74, 6) is 1.18. The first-order chi connectivity index (χ1) is 10.2. The number of benzene rings is 1. The molecule has 1 aromatic carbocycles. The van der Waals surface area contributed by atoms with E-state index in [1.54, 1.807) is 0 Å². The SMILES string of the molecule is Cc1cccc2c(N)c(C(=O)NCC3CCCCS3)sc12. The molecule has 1 aliphatic rings. The Labute approximate surface area is 133 Å². The Bertz CT molecular complexity index is 660. The summed E-state index contributed by atoms with van der Waals surface area (Å²) in [6, 6.07) is 6.03. The van der Waals surface area contributed by atoms with Crippen molar-refractivity contribution in [1.29, 1.82) is 0 Å². The number of nitrogen functional groups attached to an aromatic ring is 1. The molecule has 1 fully saturated rings. The van der Waals surface area contributed by atoms with Gasteiger partial charge in [0.25, 0.3) is 5.91 Å². The highest BCUT2D eigenvalue weighted by Gasteiger charge is 2.19. The third-order valence-corrected chi connectivity index (χ3v) is 6.67. The van der Waals surface area contributed by atoms with Crippen molar-refractivity contribution in [2.45, 2.75) is 31.4 Å². The number of nitrogens with one attached hydrogen (secondary N) is 1. The zero-order valence-electron chi connectivity index (χ0n) is 12.1. The second kappa shape index (κ2) is 6.28. The van der Waals surface area contributed by atoms with E-state index >= 15 is 0 Å². The largest absolute Gasteiger partial charge is 0.397 e. The van der Waals surface area contributed by atoms with Crippen molar-refractivity contribution < 1.29 is 4.79 Å². The number of carbonyl (C=O) groups excluding carboxylic acids is 1. The molecule has 1 saturated heterocycles. The van der Waals surface area contributed by atoms with Crippen LogP contribution in [0.4, 0.5) is 5.69 Å². The lowest BCUT2D eigenvalue weighted by atomic mass is 10.1. The van der Waals surface area contributed by atoms with Crippen LogP contribution in [-0.4, -0.2) is 23.5 Å². The zero-order chi connectivity index (χ0) is 14.8. The predicted octanol–water partition coefficient (Wildman–Crippen LogP) is 3.81. The minimum atomic E-state index is -0.0285. The third-order valence-electron chi connectivity index (χ3n) is 3.92. The third kappa shape index (κ3) is 3.04. The van der Waals surface area contributed by atoms with Crippen LogP contribution in [0.15, 0.2) is 18.2 Å². The Balaban J connectivity index is 1.75. The fraction of sp³-hybridized carbons (Fsp3) is 0.438. The van der Waals surface area contributed by atoms with Gasteiger partial charge in [-0.1, -0.05) is 24.6 Å². The molecule has 0 spiro atoms. The molecule has 0 radical (unpaired) electrons. The fourth-order valence-electron chi connectivity index (χ4n) is 2.70. The standard InChI is InChI=1S/C16H20N2OS2/c1-10-5-4-7-12-13(17)15(21-14(10)12)16(19)18-9-11-6-2-3-8-20-11/h4-5,7,11H,2-3,6,8-9,17H2,1H3,(H,18,19). The first-order valence-electron chi connectivity index (χ1n) is 7.34. The number of thioether (sulfide) groups is 1. The van der Waals surface area contributed by atoms with Gasteiger partial charge < -0.3 is 11.1 Å². The van der Waals surface area contributed by atoms with Gasteiger partial charge in [-0.3, -0.25) is 4.79 Å². The fourth-order valence-corrected chi connectivity index (χ4v) is 5.05. The molecule has 0 bridgehead atoms. The first kappa shape index (κ1) is 14.7. The molecule has 3 nitrogen and oxygen atoms in total. The van der Waals surface area contributed by atoms with E-state index in [2.05, 4.69) is 18.3 Å². The van der Waals surface area contributed by atoms with Gasteiger partial charge in [0.1, 0.15) is 4.88 Å². The molecule has 1 aliphatic heterocycles. The highest BCUT2D eigenvalue weighted by molar-refractivity contribution is 7.99. The Morgan fingerprint density at radius 2 is 2.29 bits per heavy atom. The molecule has 0 saturated carbocycles. The first-order valence-corrected chi connectivity index (χ1v) is 9.20. The van der Waals surface area contributed by atoms with Crippen LogP contribution in [0.25, 0.3) is 10.1 Å². The van der Waals surface area contributed by atoms with E-state index < -0.39 is 0 Å². The van der Waals surface area contributed by atoms with Crippen LogP contribution >= 0.6 is 23.1 Å². The maximum atomic E-state index is 12.4. The molecule has 2 aromatic rings. The summed E-state index contributed by atoms with van der Waals surface area (Å²) in [6.07, 6.45) is 3.78. The Morgan fingerprint density at radius 1 is 1.43 bits per heavy atom. The lowest BCUT2D eigenvalue weighted by Crippen LogP contribution is -2.31. The summed E-state index contributed by atoms with van der Waals surface area (Å²) in [4.78, 5) is 13.1. The zero-order valence-corrected chi connectivity index (χ0v) is 13.8. The van der Waals surface area contributed by atoms with Crippen LogP contribution < -0.4 is 11.1 Å². The Morgan fingerprint density at radius 3 is 3.00 bits per heavy atom. The van der Waals surface area contributed by atoms with Crippen LogP contribution in [0, 0.1) is 6.92 Å². The Kier molecular flexibility index (Phi) is 4.40. The second-order valence-corrected chi connectivity index (χ2v) is 7.92. The average Bonchev–Trinajstić information content (AvgIpc) is 2.85. The summed E-state index contributed by atoms with van der Waals surface area (Å²) in [6.45, 7) is 2.80. The van der Waals surface area contributed by atoms with Gasteiger partial charge in [-0.15, -0.1) is 11.3 Å². The average molecular weight is 320 g/mol. The molecule has 112 valence electrons. The molecular formula is C16H20N2OS2. The topological polar surface area (TPSA) is 55.1 Å². The monoisotopic (exact) mass is 320 g/mol. The molecule has 21 heavy (non-hydrogen) atoms. The summed E-state index contributed by atoms with van der Waals surface area (Å²) < 4.78 is 1.12. The van der Waals surface area contributed by atoms with Crippen LogP contribution in [0.1, 0.15) is 34.5 Å². The van der Waals surface area contributed by atoms with Crippen LogP contribution in [0.3, 0.4) is 0 Å². The van der Waals surface area contributed by atoms with E-state index in [4.69, 9.17) is 5.73 Å². The lowest BCUT2D eigenvalue weighted by molar-refractivity contribution is 0.0958. The predicted molar refractivity (Wildman–Crippen MR) is 93.4 cm³/mol. The second-order valence-electron chi connectivity index (χ2n) is 5.50. The highest BCUT2D eigenvalue weighted by Crippen LogP contribution is 2.35. The van der Waals surface area contributed by atoms with Gasteiger partial charge in [0.2, 0.25) is 0 Å². The summed E-state index contributed by atoms with van der Waals surface area (Å²) in [7, 11) is 0. The maximum absolute atomic E-state index is 12.4. The Hall–Kier alpha value is -1.20. The number of carbonyl (C=O) groups is 1. The van der Waals surface area contributed by atoms with Crippen LogP contribution in [-0.2, 0) is 0 Å².